The first-order chi connectivity index (χ1) is 17.2. The van der Waals surface area contributed by atoms with Gasteiger partial charge in [-0.2, -0.15) is 5.10 Å². The van der Waals surface area contributed by atoms with Crippen LogP contribution in [0.25, 0.3) is 10.6 Å². The molecule has 0 aromatic carbocycles. The van der Waals surface area contributed by atoms with Crippen LogP contribution in [0.5, 0.6) is 0 Å². The number of aromatic nitrogens is 2. The molecule has 2 aromatic heterocycles. The monoisotopic (exact) mass is 497 g/mol. The summed E-state index contributed by atoms with van der Waals surface area (Å²) in [6, 6.07) is 6.57. The number of thiophene rings is 1. The maximum absolute atomic E-state index is 13.4. The van der Waals surface area contributed by atoms with Crippen LogP contribution < -0.4 is 10.6 Å². The fourth-order valence-electron chi connectivity index (χ4n) is 5.61. The van der Waals surface area contributed by atoms with Gasteiger partial charge >= 0.3 is 0 Å². The number of carbonyl (C=O) groups excluding carboxylic acids is 2. The van der Waals surface area contributed by atoms with E-state index >= 15 is 0 Å². The smallest absolute Gasteiger partial charge is 0.272 e. The van der Waals surface area contributed by atoms with Crippen molar-refractivity contribution < 1.29 is 9.59 Å². The van der Waals surface area contributed by atoms with E-state index in [1.165, 1.54) is 38.5 Å². The highest BCUT2D eigenvalue weighted by Crippen LogP contribution is 2.35. The van der Waals surface area contributed by atoms with Gasteiger partial charge in [0.15, 0.2) is 5.69 Å². The highest BCUT2D eigenvalue weighted by molar-refractivity contribution is 7.13. The van der Waals surface area contributed by atoms with Crippen molar-refractivity contribution in [2.24, 2.45) is 0 Å². The number of likely N-dealkylation sites (tertiary alicyclic amines) is 1. The number of nitrogens with one attached hydrogen (secondary N) is 2. The van der Waals surface area contributed by atoms with Gasteiger partial charge in [0, 0.05) is 25.0 Å². The normalized spacial score (nSPS) is 20.5. The van der Waals surface area contributed by atoms with Crippen molar-refractivity contribution >= 4 is 23.2 Å². The van der Waals surface area contributed by atoms with Gasteiger partial charge in [0.05, 0.1) is 16.6 Å². The van der Waals surface area contributed by atoms with Gasteiger partial charge in [0.25, 0.3) is 5.91 Å². The number of amides is 2. The molecule has 0 bridgehead atoms. The van der Waals surface area contributed by atoms with Crippen LogP contribution in [0, 0.1) is 0 Å². The molecule has 7 nitrogen and oxygen atoms in total. The van der Waals surface area contributed by atoms with Gasteiger partial charge < -0.3 is 15.5 Å². The summed E-state index contributed by atoms with van der Waals surface area (Å²) in [6.45, 7) is 3.15. The molecule has 0 unspecified atom stereocenters. The average molecular weight is 498 g/mol. The van der Waals surface area contributed by atoms with Gasteiger partial charge in [-0.25, -0.2) is 0 Å². The molecule has 3 heterocycles. The van der Waals surface area contributed by atoms with Crippen molar-refractivity contribution in [1.82, 2.24) is 25.3 Å². The first-order valence-corrected chi connectivity index (χ1v) is 14.5. The Labute approximate surface area is 212 Å². The minimum Gasteiger partial charge on any atom is -0.353 e. The summed E-state index contributed by atoms with van der Waals surface area (Å²) in [4.78, 5) is 29.7. The third-order valence-corrected chi connectivity index (χ3v) is 8.78. The highest BCUT2D eigenvalue weighted by atomic mass is 32.1. The fraction of sp³-hybridized carbons (Fsp3) is 0.667. The lowest BCUT2D eigenvalue weighted by atomic mass is 9.93. The quantitative estimate of drug-likeness (QED) is 0.496. The number of rotatable bonds is 10. The van der Waals surface area contributed by atoms with Gasteiger partial charge in [0.2, 0.25) is 5.91 Å². The summed E-state index contributed by atoms with van der Waals surface area (Å²) in [5.74, 6) is -0.117. The Balaban J connectivity index is 1.28. The van der Waals surface area contributed by atoms with Crippen molar-refractivity contribution in [3.63, 3.8) is 0 Å². The largest absolute Gasteiger partial charge is 0.353 e. The van der Waals surface area contributed by atoms with Gasteiger partial charge in [-0.05, 0) is 82.0 Å². The molecule has 2 amide bonds. The third kappa shape index (κ3) is 6.33. The lowest BCUT2D eigenvalue weighted by Crippen LogP contribution is -2.45. The fourth-order valence-corrected chi connectivity index (χ4v) is 6.34. The molecule has 2 N–H and O–H groups in total. The van der Waals surface area contributed by atoms with E-state index in [4.69, 9.17) is 5.10 Å². The van der Waals surface area contributed by atoms with E-state index in [1.807, 2.05) is 12.1 Å². The summed E-state index contributed by atoms with van der Waals surface area (Å²) in [7, 11) is 0. The molecule has 190 valence electrons. The molecular formula is C27H39N5O2S. The molecule has 8 heteroatoms. The molecule has 5 rings (SSSR count). The predicted molar refractivity (Wildman–Crippen MR) is 140 cm³/mol. The molecule has 3 fully saturated rings. The number of nitrogens with zero attached hydrogens (tertiary/aromatic N) is 3. The van der Waals surface area contributed by atoms with E-state index in [-0.39, 0.29) is 17.9 Å². The predicted octanol–water partition coefficient (Wildman–Crippen LogP) is 4.76. The lowest BCUT2D eigenvalue weighted by Gasteiger charge is -2.29. The zero-order valence-corrected chi connectivity index (χ0v) is 21.5. The summed E-state index contributed by atoms with van der Waals surface area (Å²) < 4.78 is 2.08. The number of carbonyl (C=O) groups is 2. The minimum absolute atomic E-state index is 0.0504. The third-order valence-electron chi connectivity index (χ3n) is 7.89. The van der Waals surface area contributed by atoms with Gasteiger partial charge in [-0.1, -0.05) is 25.3 Å². The Morgan fingerprint density at radius 3 is 2.54 bits per heavy atom. The molecule has 2 aliphatic carbocycles. The maximum atomic E-state index is 13.4. The molecule has 0 spiro atoms. The van der Waals surface area contributed by atoms with Crippen molar-refractivity contribution in [2.75, 3.05) is 19.6 Å². The maximum Gasteiger partial charge on any atom is 0.272 e. The average Bonchev–Trinajstić information content (AvgIpc) is 3.61. The van der Waals surface area contributed by atoms with Crippen LogP contribution in [0.2, 0.25) is 0 Å². The first kappa shape index (κ1) is 24.5. The minimum atomic E-state index is -0.189. The molecular weight excluding hydrogens is 458 g/mol. The van der Waals surface area contributed by atoms with Crippen molar-refractivity contribution in [2.45, 2.75) is 95.2 Å². The van der Waals surface area contributed by atoms with Crippen LogP contribution in [-0.2, 0) is 4.79 Å². The zero-order chi connectivity index (χ0) is 24.0. The summed E-state index contributed by atoms with van der Waals surface area (Å²) in [5, 5.41) is 13.2. The molecule has 2 saturated carbocycles. The van der Waals surface area contributed by atoms with Crippen LogP contribution in [0.1, 0.15) is 93.6 Å². The van der Waals surface area contributed by atoms with E-state index < -0.39 is 0 Å². The molecule has 0 radical (unpaired) electrons. The van der Waals surface area contributed by atoms with E-state index in [2.05, 4.69) is 31.7 Å². The molecule has 1 saturated heterocycles. The van der Waals surface area contributed by atoms with Crippen LogP contribution in [-0.4, -0.2) is 58.2 Å². The Morgan fingerprint density at radius 1 is 1.06 bits per heavy atom. The SMILES string of the molecule is O=C(C[C@H](CCN1CCCCC1)NC(=O)c1cc(-c2cccs2)n(C2CCCC2)n1)NC1CCC1. The zero-order valence-electron chi connectivity index (χ0n) is 20.7. The van der Waals surface area contributed by atoms with E-state index in [0.717, 1.165) is 62.3 Å². The second kappa shape index (κ2) is 11.7. The topological polar surface area (TPSA) is 79.3 Å². The van der Waals surface area contributed by atoms with Gasteiger partial charge in [-0.3, -0.25) is 14.3 Å². The van der Waals surface area contributed by atoms with Gasteiger partial charge in [-0.15, -0.1) is 11.3 Å². The van der Waals surface area contributed by atoms with E-state index in [1.54, 1.807) is 11.3 Å². The summed E-state index contributed by atoms with van der Waals surface area (Å²) in [6.07, 6.45) is 12.9. The second-order valence-corrected chi connectivity index (χ2v) is 11.5. The second-order valence-electron chi connectivity index (χ2n) is 10.5. The molecule has 1 aliphatic heterocycles. The van der Waals surface area contributed by atoms with Crippen LogP contribution >= 0.6 is 11.3 Å². The van der Waals surface area contributed by atoms with Crippen molar-refractivity contribution in [3.05, 3.63) is 29.3 Å². The highest BCUT2D eigenvalue weighted by Gasteiger charge is 2.27. The Kier molecular flexibility index (Phi) is 8.19. The van der Waals surface area contributed by atoms with Crippen molar-refractivity contribution in [1.29, 1.82) is 0 Å². The van der Waals surface area contributed by atoms with Crippen molar-refractivity contribution in [3.8, 4) is 10.6 Å². The molecule has 35 heavy (non-hydrogen) atoms. The van der Waals surface area contributed by atoms with E-state index in [0.29, 0.717) is 24.2 Å². The van der Waals surface area contributed by atoms with E-state index in [9.17, 15) is 9.59 Å². The molecule has 3 aliphatic rings. The number of piperidine rings is 1. The van der Waals surface area contributed by atoms with Crippen LogP contribution in [0.3, 0.4) is 0 Å². The Bertz CT molecular complexity index is 972. The summed E-state index contributed by atoms with van der Waals surface area (Å²) in [5.41, 5.74) is 1.49. The lowest BCUT2D eigenvalue weighted by molar-refractivity contribution is -0.122. The Hall–Kier alpha value is -2.19. The summed E-state index contributed by atoms with van der Waals surface area (Å²) >= 11 is 1.68. The molecule has 2 aromatic rings. The van der Waals surface area contributed by atoms with Crippen LogP contribution in [0.15, 0.2) is 23.6 Å². The first-order valence-electron chi connectivity index (χ1n) is 13.6. The Morgan fingerprint density at radius 2 is 1.86 bits per heavy atom. The number of hydrogen-bond donors (Lipinski definition) is 2. The van der Waals surface area contributed by atoms with Gasteiger partial charge in [0.1, 0.15) is 0 Å². The van der Waals surface area contributed by atoms with Crippen LogP contribution in [0.4, 0.5) is 0 Å². The standard InChI is InChI=1S/C27H39N5O2S/c33-26(28-20-8-6-9-20)18-21(13-16-31-14-4-1-5-15-31)29-27(34)23-19-24(25-12-7-17-35-25)32(30-23)22-10-2-3-11-22/h7,12,17,19-22H,1-6,8-11,13-16,18H2,(H,28,33)(H,29,34)/t21-/m0/s1. The molecule has 1 atom stereocenters. The number of hydrogen-bond acceptors (Lipinski definition) is 5.